The maximum Gasteiger partial charge on any atom is 0.269 e. The molecule has 0 radical (unpaired) electrons. The van der Waals surface area contributed by atoms with Crippen molar-refractivity contribution in [1.82, 2.24) is 21.5 Å². The Morgan fingerprint density at radius 2 is 1.52 bits per heavy atom. The van der Waals surface area contributed by atoms with Crippen LogP contribution in [0.1, 0.15) is 27.6 Å². The van der Waals surface area contributed by atoms with Crippen LogP contribution in [0.4, 0.5) is 0 Å². The number of carbonyl (C=O) groups is 4. The van der Waals surface area contributed by atoms with Crippen molar-refractivity contribution < 1.29 is 23.9 Å². The molecule has 0 bridgehead atoms. The van der Waals surface area contributed by atoms with Crippen molar-refractivity contribution in [1.29, 1.82) is 0 Å². The van der Waals surface area contributed by atoms with E-state index in [-0.39, 0.29) is 17.1 Å². The quantitative estimate of drug-likeness (QED) is 0.440. The van der Waals surface area contributed by atoms with E-state index in [0.29, 0.717) is 22.9 Å². The summed E-state index contributed by atoms with van der Waals surface area (Å²) in [6, 6.07) is 10.7. The molecule has 2 aromatic rings. The molecule has 0 atom stereocenters. The van der Waals surface area contributed by atoms with Gasteiger partial charge in [-0.15, -0.1) is 0 Å². The Balaban J connectivity index is 1.70. The van der Waals surface area contributed by atoms with Gasteiger partial charge in [0.15, 0.2) is 0 Å². The van der Waals surface area contributed by atoms with Gasteiger partial charge >= 0.3 is 0 Å². The summed E-state index contributed by atoms with van der Waals surface area (Å²) in [4.78, 5) is 47.6. The molecule has 0 aliphatic carbocycles. The van der Waals surface area contributed by atoms with Gasteiger partial charge in [0.1, 0.15) is 5.75 Å². The molecule has 0 spiro atoms. The van der Waals surface area contributed by atoms with Crippen LogP contribution in [-0.2, 0) is 9.59 Å². The molecule has 0 heterocycles. The standard InChI is InChI=1S/C20H20Cl2N4O5/c1-2-31-14-6-3-12(4-7-14)19(29)26-25-18(28)11-23-17(27)10-24-20(30)15-8-5-13(21)9-16(15)22/h3-9H,2,10-11H2,1H3,(H,23,27)(H,24,30)(H,25,28)(H,26,29). The van der Waals surface area contributed by atoms with E-state index >= 15 is 0 Å². The Morgan fingerprint density at radius 3 is 2.16 bits per heavy atom. The fourth-order valence-electron chi connectivity index (χ4n) is 2.28. The van der Waals surface area contributed by atoms with Crippen molar-refractivity contribution in [2.45, 2.75) is 6.92 Å². The van der Waals surface area contributed by atoms with Crippen LogP contribution in [0.25, 0.3) is 0 Å². The van der Waals surface area contributed by atoms with Crippen LogP contribution < -0.4 is 26.2 Å². The molecule has 31 heavy (non-hydrogen) atoms. The summed E-state index contributed by atoms with van der Waals surface area (Å²) >= 11 is 11.7. The molecule has 0 aromatic heterocycles. The Kier molecular flexibility index (Phi) is 9.11. The SMILES string of the molecule is CCOc1ccc(C(=O)NNC(=O)CNC(=O)CNC(=O)c2ccc(Cl)cc2Cl)cc1. The molecule has 2 rings (SSSR count). The lowest BCUT2D eigenvalue weighted by Gasteiger charge is -2.10. The van der Waals surface area contributed by atoms with Crippen molar-refractivity contribution in [3.8, 4) is 5.75 Å². The maximum atomic E-state index is 12.0. The number of hydrogen-bond acceptors (Lipinski definition) is 5. The zero-order chi connectivity index (χ0) is 22.8. The zero-order valence-electron chi connectivity index (χ0n) is 16.5. The average molecular weight is 467 g/mol. The number of rotatable bonds is 8. The monoisotopic (exact) mass is 466 g/mol. The minimum Gasteiger partial charge on any atom is -0.494 e. The molecular formula is C20H20Cl2N4O5. The predicted molar refractivity (Wildman–Crippen MR) is 115 cm³/mol. The first-order valence-electron chi connectivity index (χ1n) is 9.12. The number of carbonyl (C=O) groups excluding carboxylic acids is 4. The highest BCUT2D eigenvalue weighted by molar-refractivity contribution is 6.36. The van der Waals surface area contributed by atoms with E-state index in [9.17, 15) is 19.2 Å². The molecule has 11 heteroatoms. The lowest BCUT2D eigenvalue weighted by molar-refractivity contribution is -0.125. The molecule has 0 aliphatic rings. The lowest BCUT2D eigenvalue weighted by atomic mass is 10.2. The molecule has 0 saturated carbocycles. The van der Waals surface area contributed by atoms with Gasteiger partial charge < -0.3 is 15.4 Å². The van der Waals surface area contributed by atoms with Crippen molar-refractivity contribution >= 4 is 46.8 Å². The van der Waals surface area contributed by atoms with Gasteiger partial charge in [-0.2, -0.15) is 0 Å². The van der Waals surface area contributed by atoms with Crippen molar-refractivity contribution in [2.75, 3.05) is 19.7 Å². The average Bonchev–Trinajstić information content (AvgIpc) is 2.75. The maximum absolute atomic E-state index is 12.0. The first-order valence-corrected chi connectivity index (χ1v) is 9.87. The normalized spacial score (nSPS) is 10.0. The van der Waals surface area contributed by atoms with Gasteiger partial charge in [0.25, 0.3) is 17.7 Å². The van der Waals surface area contributed by atoms with Crippen LogP contribution in [0.2, 0.25) is 10.0 Å². The van der Waals surface area contributed by atoms with Crippen LogP contribution in [0.15, 0.2) is 42.5 Å². The number of ether oxygens (including phenoxy) is 1. The van der Waals surface area contributed by atoms with Crippen LogP contribution in [-0.4, -0.2) is 43.3 Å². The summed E-state index contributed by atoms with van der Waals surface area (Å²) < 4.78 is 5.28. The van der Waals surface area contributed by atoms with Crippen LogP contribution in [0.5, 0.6) is 5.75 Å². The van der Waals surface area contributed by atoms with Gasteiger partial charge in [0.05, 0.1) is 30.3 Å². The van der Waals surface area contributed by atoms with Crippen molar-refractivity contribution in [2.24, 2.45) is 0 Å². The lowest BCUT2D eigenvalue weighted by Crippen LogP contribution is -2.47. The van der Waals surface area contributed by atoms with E-state index < -0.39 is 30.2 Å². The smallest absolute Gasteiger partial charge is 0.269 e. The molecule has 4 N–H and O–H groups in total. The fourth-order valence-corrected chi connectivity index (χ4v) is 2.78. The van der Waals surface area contributed by atoms with E-state index in [1.54, 1.807) is 24.3 Å². The molecule has 0 aliphatic heterocycles. The van der Waals surface area contributed by atoms with Gasteiger partial charge in [0.2, 0.25) is 5.91 Å². The summed E-state index contributed by atoms with van der Waals surface area (Å²) in [5.41, 5.74) is 4.89. The van der Waals surface area contributed by atoms with E-state index in [0.717, 1.165) is 0 Å². The minimum atomic E-state index is -0.653. The Labute approximate surface area is 188 Å². The molecule has 0 fully saturated rings. The zero-order valence-corrected chi connectivity index (χ0v) is 18.0. The Bertz CT molecular complexity index is 967. The van der Waals surface area contributed by atoms with Crippen molar-refractivity contribution in [3.63, 3.8) is 0 Å². The topological polar surface area (TPSA) is 126 Å². The highest BCUT2D eigenvalue weighted by Crippen LogP contribution is 2.20. The summed E-state index contributed by atoms with van der Waals surface area (Å²) in [6.07, 6.45) is 0. The molecule has 0 saturated heterocycles. The Hall–Kier alpha value is -3.30. The van der Waals surface area contributed by atoms with Gasteiger partial charge in [0, 0.05) is 10.6 Å². The number of amides is 4. The molecular weight excluding hydrogens is 447 g/mol. The summed E-state index contributed by atoms with van der Waals surface area (Å²) in [5.74, 6) is -1.74. The fraction of sp³-hybridized carbons (Fsp3) is 0.200. The highest BCUT2D eigenvalue weighted by atomic mass is 35.5. The third kappa shape index (κ3) is 7.80. The minimum absolute atomic E-state index is 0.146. The van der Waals surface area contributed by atoms with Gasteiger partial charge in [-0.1, -0.05) is 23.2 Å². The number of benzene rings is 2. The van der Waals surface area contributed by atoms with E-state index in [1.165, 1.54) is 18.2 Å². The number of nitrogens with one attached hydrogen (secondary N) is 4. The van der Waals surface area contributed by atoms with E-state index in [4.69, 9.17) is 27.9 Å². The van der Waals surface area contributed by atoms with Crippen LogP contribution in [0.3, 0.4) is 0 Å². The predicted octanol–water partition coefficient (Wildman–Crippen LogP) is 1.70. The van der Waals surface area contributed by atoms with Crippen LogP contribution in [0, 0.1) is 0 Å². The first kappa shape index (κ1) is 24.0. The number of halogens is 2. The summed E-state index contributed by atoms with van der Waals surface area (Å²) in [5, 5.41) is 5.21. The molecule has 0 unspecified atom stereocenters. The second kappa shape index (κ2) is 11.8. The van der Waals surface area contributed by atoms with Crippen molar-refractivity contribution in [3.05, 3.63) is 63.6 Å². The van der Waals surface area contributed by atoms with Gasteiger partial charge in [-0.25, -0.2) is 0 Å². The molecule has 2 aromatic carbocycles. The highest BCUT2D eigenvalue weighted by Gasteiger charge is 2.13. The third-order valence-electron chi connectivity index (χ3n) is 3.77. The summed E-state index contributed by atoms with van der Waals surface area (Å²) in [6.45, 7) is 1.58. The molecule has 4 amide bonds. The number of hydrazine groups is 1. The largest absolute Gasteiger partial charge is 0.494 e. The van der Waals surface area contributed by atoms with E-state index in [2.05, 4.69) is 21.5 Å². The summed E-state index contributed by atoms with van der Waals surface area (Å²) in [7, 11) is 0. The first-order chi connectivity index (χ1) is 14.8. The van der Waals surface area contributed by atoms with Crippen LogP contribution >= 0.6 is 23.2 Å². The second-order valence-electron chi connectivity index (χ2n) is 6.04. The van der Waals surface area contributed by atoms with Gasteiger partial charge in [-0.3, -0.25) is 30.0 Å². The Morgan fingerprint density at radius 1 is 0.839 bits per heavy atom. The molecule has 9 nitrogen and oxygen atoms in total. The van der Waals surface area contributed by atoms with Gasteiger partial charge in [-0.05, 0) is 49.4 Å². The number of hydrogen-bond donors (Lipinski definition) is 4. The second-order valence-corrected chi connectivity index (χ2v) is 6.89. The molecule has 164 valence electrons. The third-order valence-corrected chi connectivity index (χ3v) is 4.32. The van der Waals surface area contributed by atoms with E-state index in [1.807, 2.05) is 6.92 Å².